The summed E-state index contributed by atoms with van der Waals surface area (Å²) in [5.74, 6) is -0.156. The Labute approximate surface area is 200 Å². The van der Waals surface area contributed by atoms with Gasteiger partial charge in [0.25, 0.3) is 5.91 Å². The number of piperazine rings is 1. The Morgan fingerprint density at radius 2 is 1.44 bits per heavy atom. The summed E-state index contributed by atoms with van der Waals surface area (Å²) in [6.45, 7) is 8.30. The first-order chi connectivity index (χ1) is 16.4. The molecule has 2 heterocycles. The molecular weight excluding hydrogens is 425 g/mol. The lowest BCUT2D eigenvalue weighted by molar-refractivity contribution is 0.0970. The van der Waals surface area contributed by atoms with E-state index in [4.69, 9.17) is 0 Å². The van der Waals surface area contributed by atoms with Crippen molar-refractivity contribution in [1.29, 1.82) is 0 Å². The average molecular weight is 456 g/mol. The molecule has 0 atom stereocenters. The molecule has 0 bridgehead atoms. The van der Waals surface area contributed by atoms with E-state index >= 15 is 0 Å². The quantitative estimate of drug-likeness (QED) is 0.522. The fraction of sp³-hybridized carbons (Fsp3) is 0.276. The number of nitrogens with zero attached hydrogens (tertiary/aromatic N) is 3. The molecule has 3 aromatic rings. The predicted molar refractivity (Wildman–Crippen MR) is 137 cm³/mol. The van der Waals surface area contributed by atoms with Gasteiger partial charge in [0.1, 0.15) is 5.82 Å². The van der Waals surface area contributed by atoms with Crippen LogP contribution in [0.25, 0.3) is 5.57 Å². The number of anilines is 2. The molecule has 1 amide bonds. The van der Waals surface area contributed by atoms with Gasteiger partial charge in [-0.05, 0) is 49.8 Å². The van der Waals surface area contributed by atoms with Crippen LogP contribution in [0.2, 0.25) is 0 Å². The maximum Gasteiger partial charge on any atom is 0.259 e. The van der Waals surface area contributed by atoms with Crippen molar-refractivity contribution in [2.24, 2.45) is 0 Å². The molecule has 0 saturated carbocycles. The summed E-state index contributed by atoms with van der Waals surface area (Å²) in [5, 5.41) is 0. The number of hydrogen-bond donors (Lipinski definition) is 0. The molecule has 174 valence electrons. The summed E-state index contributed by atoms with van der Waals surface area (Å²) >= 11 is 0. The van der Waals surface area contributed by atoms with Crippen LogP contribution < -0.4 is 9.80 Å². The number of hydrogen-bond acceptors (Lipinski definition) is 3. The monoisotopic (exact) mass is 455 g/mol. The Balaban J connectivity index is 1.37. The Morgan fingerprint density at radius 3 is 2.15 bits per heavy atom. The second-order valence-electron chi connectivity index (χ2n) is 9.56. The largest absolute Gasteiger partial charge is 0.367 e. The molecule has 0 unspecified atom stereocenters. The summed E-state index contributed by atoms with van der Waals surface area (Å²) in [5.41, 5.74) is 4.18. The van der Waals surface area contributed by atoms with Crippen molar-refractivity contribution >= 4 is 22.9 Å². The molecule has 1 fully saturated rings. The highest BCUT2D eigenvalue weighted by atomic mass is 19.1. The number of carbonyl (C=O) groups excluding carboxylic acids is 1. The van der Waals surface area contributed by atoms with Crippen LogP contribution in [0.3, 0.4) is 0 Å². The zero-order chi connectivity index (χ0) is 23.7. The summed E-state index contributed by atoms with van der Waals surface area (Å²) in [6.07, 6.45) is 2.24. The van der Waals surface area contributed by atoms with Gasteiger partial charge in [-0.15, -0.1) is 0 Å². The molecular formula is C29H30FN3O. The lowest BCUT2D eigenvalue weighted by atomic mass is 9.87. The van der Waals surface area contributed by atoms with Crippen LogP contribution >= 0.6 is 0 Å². The minimum Gasteiger partial charge on any atom is -0.367 e. The van der Waals surface area contributed by atoms with Crippen LogP contribution in [0.5, 0.6) is 0 Å². The molecule has 34 heavy (non-hydrogen) atoms. The Kier molecular flexibility index (Phi) is 5.96. The summed E-state index contributed by atoms with van der Waals surface area (Å²) in [4.78, 5) is 20.0. The van der Waals surface area contributed by atoms with Crippen molar-refractivity contribution in [1.82, 2.24) is 4.90 Å². The van der Waals surface area contributed by atoms with Crippen LogP contribution in [0.4, 0.5) is 15.8 Å². The van der Waals surface area contributed by atoms with Crippen molar-refractivity contribution in [3.05, 3.63) is 102 Å². The highest BCUT2D eigenvalue weighted by Crippen LogP contribution is 2.40. The number of carbonyl (C=O) groups is 1. The molecule has 0 N–H and O–H groups in total. The minimum atomic E-state index is -0.467. The molecule has 0 spiro atoms. The number of rotatable bonds is 4. The topological polar surface area (TPSA) is 26.8 Å². The fourth-order valence-corrected chi connectivity index (χ4v) is 5.13. The Morgan fingerprint density at radius 1 is 0.824 bits per heavy atom. The van der Waals surface area contributed by atoms with Crippen LogP contribution in [0.1, 0.15) is 29.8 Å². The van der Waals surface area contributed by atoms with E-state index in [-0.39, 0.29) is 11.7 Å². The standard InChI is InChI=1S/C29H30FN3O/c1-29(2)20-23(21-31-16-18-32(19-17-31)27-15-9-7-13-25(27)30)24-12-6-8-14-26(24)33(29)28(34)22-10-4-3-5-11-22/h3-15,20H,16-19,21H2,1-2H3. The lowest BCUT2D eigenvalue weighted by Gasteiger charge is -2.43. The number of halogens is 1. The number of benzene rings is 3. The van der Waals surface area contributed by atoms with E-state index < -0.39 is 5.54 Å². The lowest BCUT2D eigenvalue weighted by Crippen LogP contribution is -2.50. The molecule has 5 rings (SSSR count). The maximum atomic E-state index is 14.2. The highest BCUT2D eigenvalue weighted by molar-refractivity contribution is 6.10. The number of fused-ring (bicyclic) bond motifs is 1. The second kappa shape index (κ2) is 9.07. The van der Waals surface area contributed by atoms with Gasteiger partial charge in [-0.3, -0.25) is 14.6 Å². The van der Waals surface area contributed by atoms with Gasteiger partial charge < -0.3 is 4.90 Å². The van der Waals surface area contributed by atoms with Gasteiger partial charge in [0, 0.05) is 43.9 Å². The predicted octanol–water partition coefficient (Wildman–Crippen LogP) is 5.47. The van der Waals surface area contributed by atoms with Crippen molar-refractivity contribution in [3.63, 3.8) is 0 Å². The molecule has 0 aromatic heterocycles. The van der Waals surface area contributed by atoms with Gasteiger partial charge in [0.15, 0.2) is 0 Å². The molecule has 0 aliphatic carbocycles. The van der Waals surface area contributed by atoms with Crippen LogP contribution in [-0.2, 0) is 0 Å². The van der Waals surface area contributed by atoms with E-state index in [2.05, 4.69) is 35.8 Å². The Hall–Kier alpha value is -3.44. The van der Waals surface area contributed by atoms with Crippen LogP contribution in [0.15, 0.2) is 84.9 Å². The first kappa shape index (κ1) is 22.4. The zero-order valence-electron chi connectivity index (χ0n) is 19.7. The fourth-order valence-electron chi connectivity index (χ4n) is 5.13. The van der Waals surface area contributed by atoms with E-state index in [9.17, 15) is 9.18 Å². The Bertz CT molecular complexity index is 1210. The molecule has 2 aliphatic rings. The number of amides is 1. The van der Waals surface area contributed by atoms with Gasteiger partial charge in [-0.25, -0.2) is 4.39 Å². The van der Waals surface area contributed by atoms with E-state index in [0.29, 0.717) is 11.3 Å². The third-order valence-electron chi connectivity index (χ3n) is 6.78. The second-order valence-corrected chi connectivity index (χ2v) is 9.56. The molecule has 2 aliphatic heterocycles. The normalized spacial score (nSPS) is 17.8. The first-order valence-corrected chi connectivity index (χ1v) is 11.9. The van der Waals surface area contributed by atoms with E-state index in [1.165, 1.54) is 11.6 Å². The van der Waals surface area contributed by atoms with E-state index in [1.54, 1.807) is 6.07 Å². The van der Waals surface area contributed by atoms with Gasteiger partial charge in [0.05, 0.1) is 16.9 Å². The third kappa shape index (κ3) is 4.24. The van der Waals surface area contributed by atoms with Gasteiger partial charge in [-0.1, -0.05) is 54.6 Å². The SMILES string of the molecule is CC1(C)C=C(CN2CCN(c3ccccc3F)CC2)c2ccccc2N1C(=O)c1ccccc1. The third-order valence-corrected chi connectivity index (χ3v) is 6.78. The van der Waals surface area contributed by atoms with Crippen molar-refractivity contribution in [2.75, 3.05) is 42.5 Å². The molecule has 5 heteroatoms. The van der Waals surface area contributed by atoms with Gasteiger partial charge in [-0.2, -0.15) is 0 Å². The number of para-hydroxylation sites is 2. The van der Waals surface area contributed by atoms with Crippen molar-refractivity contribution < 1.29 is 9.18 Å². The van der Waals surface area contributed by atoms with Gasteiger partial charge in [0.2, 0.25) is 0 Å². The average Bonchev–Trinajstić information content (AvgIpc) is 2.85. The van der Waals surface area contributed by atoms with Crippen LogP contribution in [0, 0.1) is 5.82 Å². The minimum absolute atomic E-state index is 0.00634. The van der Waals surface area contributed by atoms with Crippen LogP contribution in [-0.4, -0.2) is 49.1 Å². The molecule has 3 aromatic carbocycles. The maximum absolute atomic E-state index is 14.2. The summed E-state index contributed by atoms with van der Waals surface area (Å²) < 4.78 is 14.2. The summed E-state index contributed by atoms with van der Waals surface area (Å²) in [6, 6.07) is 24.6. The first-order valence-electron chi connectivity index (χ1n) is 11.9. The zero-order valence-corrected chi connectivity index (χ0v) is 19.7. The molecule has 1 saturated heterocycles. The highest BCUT2D eigenvalue weighted by Gasteiger charge is 2.37. The van der Waals surface area contributed by atoms with Gasteiger partial charge >= 0.3 is 0 Å². The van der Waals surface area contributed by atoms with E-state index in [0.717, 1.165) is 44.0 Å². The van der Waals surface area contributed by atoms with Crippen molar-refractivity contribution in [2.45, 2.75) is 19.4 Å². The molecule has 0 radical (unpaired) electrons. The molecule has 4 nitrogen and oxygen atoms in total. The summed E-state index contributed by atoms with van der Waals surface area (Å²) in [7, 11) is 0. The smallest absolute Gasteiger partial charge is 0.259 e. The van der Waals surface area contributed by atoms with E-state index in [1.807, 2.05) is 65.6 Å². The van der Waals surface area contributed by atoms with Crippen molar-refractivity contribution in [3.8, 4) is 0 Å².